The van der Waals surface area contributed by atoms with E-state index in [2.05, 4.69) is 25.9 Å². The molecule has 1 aromatic heterocycles. The Balaban J connectivity index is 2.08. The first-order valence-electron chi connectivity index (χ1n) is 10.3. The van der Waals surface area contributed by atoms with E-state index in [1.807, 2.05) is 0 Å². The number of aromatic nitrogens is 1. The van der Waals surface area contributed by atoms with Crippen molar-refractivity contribution >= 4 is 52.6 Å². The SMILES string of the molecule is COCCN=C(N)Nc1cc(C(=O)NCC(=O)N[C@@H](CC(=O)O)c2cc(Cl)cc(Cl)c2O)c[nH]c1=O. The van der Waals surface area contributed by atoms with Gasteiger partial charge in [-0.15, -0.1) is 0 Å². The van der Waals surface area contributed by atoms with Gasteiger partial charge in [0.15, 0.2) is 5.96 Å². The van der Waals surface area contributed by atoms with E-state index in [1.165, 1.54) is 25.3 Å². The third-order valence-corrected chi connectivity index (χ3v) is 5.07. The maximum atomic E-state index is 12.5. The monoisotopic (exact) mass is 542 g/mol. The minimum atomic E-state index is -1.27. The van der Waals surface area contributed by atoms with E-state index in [0.29, 0.717) is 6.61 Å². The number of phenols is 1. The second-order valence-corrected chi connectivity index (χ2v) is 8.09. The van der Waals surface area contributed by atoms with Crippen molar-refractivity contribution in [1.29, 1.82) is 0 Å². The predicted molar refractivity (Wildman–Crippen MR) is 133 cm³/mol. The second kappa shape index (κ2) is 13.3. The highest BCUT2D eigenvalue weighted by atomic mass is 35.5. The van der Waals surface area contributed by atoms with E-state index >= 15 is 0 Å². The number of hydrogen-bond acceptors (Lipinski definition) is 7. The number of aromatic hydroxyl groups is 1. The van der Waals surface area contributed by atoms with Gasteiger partial charge in [0.05, 0.1) is 42.7 Å². The number of benzene rings is 1. The van der Waals surface area contributed by atoms with Gasteiger partial charge in [0.2, 0.25) is 5.91 Å². The molecular formula is C21H24Cl2N6O7. The van der Waals surface area contributed by atoms with E-state index in [9.17, 15) is 29.4 Å². The zero-order valence-electron chi connectivity index (χ0n) is 18.9. The van der Waals surface area contributed by atoms with Crippen LogP contribution in [-0.2, 0) is 14.3 Å². The first-order chi connectivity index (χ1) is 17.0. The third kappa shape index (κ3) is 8.45. The van der Waals surface area contributed by atoms with Gasteiger partial charge < -0.3 is 41.6 Å². The van der Waals surface area contributed by atoms with Crippen molar-refractivity contribution in [3.05, 3.63) is 55.9 Å². The number of hydrogen-bond donors (Lipinski definition) is 7. The number of ether oxygens (including phenoxy) is 1. The van der Waals surface area contributed by atoms with Gasteiger partial charge in [0.25, 0.3) is 11.5 Å². The van der Waals surface area contributed by atoms with Gasteiger partial charge in [-0.3, -0.25) is 24.2 Å². The molecule has 36 heavy (non-hydrogen) atoms. The molecule has 2 amide bonds. The molecule has 0 saturated heterocycles. The van der Waals surface area contributed by atoms with Gasteiger partial charge in [0.1, 0.15) is 11.4 Å². The van der Waals surface area contributed by atoms with Crippen LogP contribution in [0.5, 0.6) is 5.75 Å². The molecule has 0 fully saturated rings. The predicted octanol–water partition coefficient (Wildman–Crippen LogP) is 0.822. The molecular weight excluding hydrogens is 519 g/mol. The number of carboxylic acid groups (broad SMARTS) is 1. The van der Waals surface area contributed by atoms with E-state index in [-0.39, 0.29) is 39.4 Å². The Morgan fingerprint density at radius 3 is 2.64 bits per heavy atom. The number of aromatic amines is 1. The number of pyridine rings is 1. The zero-order valence-corrected chi connectivity index (χ0v) is 20.4. The van der Waals surface area contributed by atoms with Crippen LogP contribution >= 0.6 is 23.2 Å². The highest BCUT2D eigenvalue weighted by molar-refractivity contribution is 6.35. The number of halogens is 2. The molecule has 15 heteroatoms. The molecule has 13 nitrogen and oxygen atoms in total. The molecule has 0 saturated carbocycles. The summed E-state index contributed by atoms with van der Waals surface area (Å²) in [6.07, 6.45) is 0.546. The summed E-state index contributed by atoms with van der Waals surface area (Å²) in [6, 6.07) is 2.56. The lowest BCUT2D eigenvalue weighted by atomic mass is 10.0. The fourth-order valence-corrected chi connectivity index (χ4v) is 3.42. The quantitative estimate of drug-likeness (QED) is 0.121. The summed E-state index contributed by atoms with van der Waals surface area (Å²) in [4.78, 5) is 54.5. The summed E-state index contributed by atoms with van der Waals surface area (Å²) in [5.41, 5.74) is 5.07. The Bertz CT molecular complexity index is 1220. The Labute approximate surface area is 214 Å². The van der Waals surface area contributed by atoms with E-state index in [1.54, 1.807) is 0 Å². The highest BCUT2D eigenvalue weighted by Gasteiger charge is 2.23. The number of aliphatic imine (C=N–C) groups is 1. The normalized spacial score (nSPS) is 12.0. The summed E-state index contributed by atoms with van der Waals surface area (Å²) < 4.78 is 4.85. The molecule has 0 aliphatic heterocycles. The number of carboxylic acids is 1. The number of aliphatic carboxylic acids is 1. The molecule has 0 radical (unpaired) electrons. The highest BCUT2D eigenvalue weighted by Crippen LogP contribution is 2.36. The van der Waals surface area contributed by atoms with E-state index < -0.39 is 48.1 Å². The van der Waals surface area contributed by atoms with Gasteiger partial charge in [0, 0.05) is 23.9 Å². The van der Waals surface area contributed by atoms with Gasteiger partial charge in [-0.25, -0.2) is 0 Å². The van der Waals surface area contributed by atoms with Crippen LogP contribution in [0.15, 0.2) is 34.2 Å². The molecule has 194 valence electrons. The largest absolute Gasteiger partial charge is 0.506 e. The molecule has 0 unspecified atom stereocenters. The Morgan fingerprint density at radius 2 is 1.97 bits per heavy atom. The second-order valence-electron chi connectivity index (χ2n) is 7.24. The zero-order chi connectivity index (χ0) is 26.8. The molecule has 2 aromatic rings. The molecule has 1 atom stereocenters. The molecule has 1 heterocycles. The Hall–Kier alpha value is -3.81. The molecule has 8 N–H and O–H groups in total. The van der Waals surface area contributed by atoms with Crippen LogP contribution in [0.3, 0.4) is 0 Å². The maximum Gasteiger partial charge on any atom is 0.305 e. The number of anilines is 1. The maximum absolute atomic E-state index is 12.5. The lowest BCUT2D eigenvalue weighted by Crippen LogP contribution is -2.39. The standard InChI is InChI=1S/C21H24Cl2N6O7/c1-36-3-2-25-21(24)29-15-4-10(8-26-20(15)35)19(34)27-9-16(30)28-14(7-17(31)32)12-5-11(22)6-13(23)18(12)33/h4-6,8,14,33H,2-3,7,9H2,1H3,(H,26,35)(H,27,34)(H,28,30)(H,31,32)(H3,24,25,29)/t14-/m0/s1. The number of amides is 2. The number of guanidine groups is 1. The van der Waals surface area contributed by atoms with E-state index in [4.69, 9.17) is 33.7 Å². The summed E-state index contributed by atoms with van der Waals surface area (Å²) >= 11 is 11.8. The average Bonchev–Trinajstić information content (AvgIpc) is 2.80. The fourth-order valence-electron chi connectivity index (χ4n) is 2.92. The third-order valence-electron chi connectivity index (χ3n) is 4.56. The number of carbonyl (C=O) groups excluding carboxylic acids is 2. The first-order valence-corrected chi connectivity index (χ1v) is 11.0. The van der Waals surface area contributed by atoms with Crippen LogP contribution in [0.1, 0.15) is 28.4 Å². The van der Waals surface area contributed by atoms with Gasteiger partial charge in [-0.1, -0.05) is 23.2 Å². The van der Waals surface area contributed by atoms with Gasteiger partial charge in [-0.2, -0.15) is 0 Å². The molecule has 1 aromatic carbocycles. The fraction of sp³-hybridized carbons (Fsp3) is 0.286. The molecule has 0 bridgehead atoms. The van der Waals surface area contributed by atoms with Gasteiger partial charge >= 0.3 is 5.97 Å². The molecule has 2 rings (SSSR count). The summed E-state index contributed by atoms with van der Waals surface area (Å²) in [6.45, 7) is 0.0254. The van der Waals surface area contributed by atoms with Crippen molar-refractivity contribution in [3.63, 3.8) is 0 Å². The van der Waals surface area contributed by atoms with Crippen molar-refractivity contribution in [2.24, 2.45) is 10.7 Å². The molecule has 0 aliphatic carbocycles. The van der Waals surface area contributed by atoms with Crippen molar-refractivity contribution in [3.8, 4) is 5.75 Å². The molecule has 0 aliphatic rings. The van der Waals surface area contributed by atoms with Gasteiger partial charge in [-0.05, 0) is 18.2 Å². The van der Waals surface area contributed by atoms with E-state index in [0.717, 1.165) is 6.20 Å². The van der Waals surface area contributed by atoms with Crippen molar-refractivity contribution in [2.75, 3.05) is 32.1 Å². The van der Waals surface area contributed by atoms with Crippen LogP contribution in [0.4, 0.5) is 5.69 Å². The number of methoxy groups -OCH3 is 1. The van der Waals surface area contributed by atoms with Crippen LogP contribution in [0.25, 0.3) is 0 Å². The Morgan fingerprint density at radius 1 is 1.25 bits per heavy atom. The summed E-state index contributed by atoms with van der Waals surface area (Å²) in [5, 5.41) is 26.7. The van der Waals surface area contributed by atoms with Crippen molar-refractivity contribution in [2.45, 2.75) is 12.5 Å². The van der Waals surface area contributed by atoms with Crippen molar-refractivity contribution in [1.82, 2.24) is 15.6 Å². The molecule has 0 spiro atoms. The average molecular weight is 543 g/mol. The van der Waals surface area contributed by atoms with Crippen LogP contribution in [0, 0.1) is 0 Å². The Kier molecular flexibility index (Phi) is 10.5. The number of H-pyrrole nitrogens is 1. The smallest absolute Gasteiger partial charge is 0.305 e. The lowest BCUT2D eigenvalue weighted by molar-refractivity contribution is -0.137. The number of nitrogens with two attached hydrogens (primary N) is 1. The number of carbonyl (C=O) groups is 3. The number of phenolic OH excluding ortho intramolecular Hbond substituents is 1. The number of nitrogens with zero attached hydrogens (tertiary/aromatic N) is 1. The number of rotatable bonds is 11. The van der Waals surface area contributed by atoms with Crippen LogP contribution in [0.2, 0.25) is 10.0 Å². The minimum Gasteiger partial charge on any atom is -0.506 e. The van der Waals surface area contributed by atoms with Crippen LogP contribution < -0.4 is 27.2 Å². The summed E-state index contributed by atoms with van der Waals surface area (Å²) in [5.74, 6) is -3.25. The number of nitrogens with one attached hydrogen (secondary N) is 4. The van der Waals surface area contributed by atoms with Crippen molar-refractivity contribution < 1.29 is 29.3 Å². The van der Waals surface area contributed by atoms with Crippen LogP contribution in [-0.4, -0.2) is 65.7 Å². The summed E-state index contributed by atoms with van der Waals surface area (Å²) in [7, 11) is 1.50. The first kappa shape index (κ1) is 28.4. The minimum absolute atomic E-state index is 0.00375. The topological polar surface area (TPSA) is 208 Å². The lowest BCUT2D eigenvalue weighted by Gasteiger charge is -2.19.